The van der Waals surface area contributed by atoms with Crippen molar-refractivity contribution in [1.29, 1.82) is 0 Å². The van der Waals surface area contributed by atoms with E-state index in [2.05, 4.69) is 23.5 Å². The van der Waals surface area contributed by atoms with Crippen LogP contribution in [0.2, 0.25) is 0 Å². The molecule has 0 radical (unpaired) electrons. The number of carbonyl (C=O) groups is 2. The first kappa shape index (κ1) is 23.6. The molecule has 0 bridgehead atoms. The molecule has 0 spiro atoms. The molecule has 8 nitrogen and oxygen atoms in total. The van der Waals surface area contributed by atoms with Crippen molar-refractivity contribution in [2.75, 3.05) is 38.1 Å². The van der Waals surface area contributed by atoms with Gasteiger partial charge in [0.1, 0.15) is 5.75 Å². The van der Waals surface area contributed by atoms with E-state index in [1.165, 1.54) is 21.5 Å². The second kappa shape index (κ2) is 9.47. The van der Waals surface area contributed by atoms with Crippen molar-refractivity contribution in [1.82, 2.24) is 9.21 Å². The van der Waals surface area contributed by atoms with Gasteiger partial charge in [-0.05, 0) is 49.0 Å². The van der Waals surface area contributed by atoms with Crippen LogP contribution in [-0.2, 0) is 19.6 Å². The number of hydrogen-bond donors (Lipinski definition) is 1. The number of piperidine rings is 1. The van der Waals surface area contributed by atoms with Crippen molar-refractivity contribution in [2.24, 2.45) is 5.92 Å². The highest BCUT2D eigenvalue weighted by atomic mass is 32.2. The maximum absolute atomic E-state index is 13.6. The number of ether oxygens (including phenoxy) is 1. The van der Waals surface area contributed by atoms with E-state index in [1.807, 2.05) is 23.1 Å². The Labute approximate surface area is 205 Å². The first-order valence-electron chi connectivity index (χ1n) is 11.9. The molecule has 0 aliphatic carbocycles. The lowest BCUT2D eigenvalue weighted by Gasteiger charge is -2.35. The summed E-state index contributed by atoms with van der Waals surface area (Å²) in [5.74, 6) is -0.277. The largest absolute Gasteiger partial charge is 0.482 e. The predicted octanol–water partition coefficient (Wildman–Crippen LogP) is 3.04. The minimum Gasteiger partial charge on any atom is -0.482 e. The third-order valence-corrected chi connectivity index (χ3v) is 8.93. The summed E-state index contributed by atoms with van der Waals surface area (Å²) < 4.78 is 34.0. The Kier molecular flexibility index (Phi) is 6.37. The van der Waals surface area contributed by atoms with Gasteiger partial charge in [0.05, 0.1) is 16.5 Å². The summed E-state index contributed by atoms with van der Waals surface area (Å²) >= 11 is 0. The molecule has 35 heavy (non-hydrogen) atoms. The number of nitrogens with zero attached hydrogens (tertiary/aromatic N) is 2. The standard InChI is InChI=1S/C26H29N3O5S/c1-18-14-22-23(34-17-25(30)27-22)15-24(18)35(32,33)29-11-5-8-21(16-29)26(31)28-12-9-20(10-13-28)19-6-3-2-4-7-19/h2-4,6-7,9,14-15,21H,5,8,10-13,16-17H2,1H3,(H,27,30)/t21-/m0/s1. The molecule has 1 atom stereocenters. The average molecular weight is 496 g/mol. The topological polar surface area (TPSA) is 96.0 Å². The fourth-order valence-corrected chi connectivity index (χ4v) is 6.78. The zero-order chi connectivity index (χ0) is 24.6. The van der Waals surface area contributed by atoms with Crippen LogP contribution in [0.4, 0.5) is 5.69 Å². The maximum Gasteiger partial charge on any atom is 0.262 e. The number of anilines is 1. The summed E-state index contributed by atoms with van der Waals surface area (Å²) in [4.78, 5) is 26.9. The highest BCUT2D eigenvalue weighted by Crippen LogP contribution is 2.35. The molecule has 2 amide bonds. The fourth-order valence-electron chi connectivity index (χ4n) is 5.04. The monoisotopic (exact) mass is 495 g/mol. The minimum atomic E-state index is -3.82. The van der Waals surface area contributed by atoms with Gasteiger partial charge in [-0.15, -0.1) is 0 Å². The summed E-state index contributed by atoms with van der Waals surface area (Å²) in [5.41, 5.74) is 3.41. The van der Waals surface area contributed by atoms with E-state index in [0.29, 0.717) is 49.5 Å². The smallest absolute Gasteiger partial charge is 0.262 e. The third kappa shape index (κ3) is 4.70. The van der Waals surface area contributed by atoms with Crippen molar-refractivity contribution in [3.8, 4) is 5.75 Å². The first-order chi connectivity index (χ1) is 16.8. The van der Waals surface area contributed by atoms with E-state index in [9.17, 15) is 18.0 Å². The van der Waals surface area contributed by atoms with Gasteiger partial charge in [-0.2, -0.15) is 4.31 Å². The second-order valence-electron chi connectivity index (χ2n) is 9.28. The Hall–Kier alpha value is -3.17. The highest BCUT2D eigenvalue weighted by molar-refractivity contribution is 7.89. The van der Waals surface area contributed by atoms with E-state index in [-0.39, 0.29) is 35.8 Å². The molecule has 3 aliphatic heterocycles. The van der Waals surface area contributed by atoms with Crippen LogP contribution in [0.1, 0.15) is 30.4 Å². The lowest BCUT2D eigenvalue weighted by Crippen LogP contribution is -2.47. The lowest BCUT2D eigenvalue weighted by atomic mass is 9.95. The first-order valence-corrected chi connectivity index (χ1v) is 13.4. The average Bonchev–Trinajstić information content (AvgIpc) is 2.88. The van der Waals surface area contributed by atoms with Gasteiger partial charge in [-0.3, -0.25) is 9.59 Å². The molecule has 1 saturated heterocycles. The number of carbonyl (C=O) groups excluding carboxylic acids is 2. The van der Waals surface area contributed by atoms with Crippen LogP contribution >= 0.6 is 0 Å². The predicted molar refractivity (Wildman–Crippen MR) is 132 cm³/mol. The Morgan fingerprint density at radius 3 is 2.69 bits per heavy atom. The summed E-state index contributed by atoms with van der Waals surface area (Å²) in [6, 6.07) is 13.3. The molecule has 2 aromatic carbocycles. The Morgan fingerprint density at radius 2 is 1.94 bits per heavy atom. The van der Waals surface area contributed by atoms with Crippen LogP contribution in [0.25, 0.3) is 5.57 Å². The summed E-state index contributed by atoms with van der Waals surface area (Å²) in [6.07, 6.45) is 4.19. The van der Waals surface area contributed by atoms with Gasteiger partial charge in [-0.25, -0.2) is 8.42 Å². The number of hydrogen-bond acceptors (Lipinski definition) is 5. The zero-order valence-corrected chi connectivity index (χ0v) is 20.5. The molecular formula is C26H29N3O5S. The van der Waals surface area contributed by atoms with E-state index in [1.54, 1.807) is 13.0 Å². The molecule has 5 rings (SSSR count). The number of fused-ring (bicyclic) bond motifs is 1. The molecule has 1 N–H and O–H groups in total. The van der Waals surface area contributed by atoms with Crippen molar-refractivity contribution < 1.29 is 22.7 Å². The van der Waals surface area contributed by atoms with Gasteiger partial charge in [0.15, 0.2) is 6.61 Å². The molecule has 3 aliphatic rings. The summed E-state index contributed by atoms with van der Waals surface area (Å²) in [5, 5.41) is 2.70. The molecule has 0 aromatic heterocycles. The maximum atomic E-state index is 13.6. The lowest BCUT2D eigenvalue weighted by molar-refractivity contribution is -0.136. The van der Waals surface area contributed by atoms with Crippen LogP contribution in [0.5, 0.6) is 5.75 Å². The highest BCUT2D eigenvalue weighted by Gasteiger charge is 2.36. The number of amides is 2. The summed E-state index contributed by atoms with van der Waals surface area (Å²) in [7, 11) is -3.82. The van der Waals surface area contributed by atoms with Crippen molar-refractivity contribution in [3.05, 3.63) is 59.7 Å². The van der Waals surface area contributed by atoms with Gasteiger partial charge in [-0.1, -0.05) is 36.4 Å². The number of nitrogens with one attached hydrogen (secondary N) is 1. The Bertz CT molecular complexity index is 1290. The number of benzene rings is 2. The van der Waals surface area contributed by atoms with Gasteiger partial charge in [0.25, 0.3) is 5.91 Å². The third-order valence-electron chi connectivity index (χ3n) is 6.93. The normalized spacial score (nSPS) is 20.9. The number of rotatable bonds is 4. The van der Waals surface area contributed by atoms with E-state index >= 15 is 0 Å². The molecule has 9 heteroatoms. The van der Waals surface area contributed by atoms with Crippen LogP contribution in [0, 0.1) is 12.8 Å². The van der Waals surface area contributed by atoms with Crippen LogP contribution in [-0.4, -0.2) is 62.2 Å². The van der Waals surface area contributed by atoms with Gasteiger partial charge in [0, 0.05) is 32.2 Å². The van der Waals surface area contributed by atoms with E-state index in [0.717, 1.165) is 6.42 Å². The molecule has 3 heterocycles. The van der Waals surface area contributed by atoms with E-state index < -0.39 is 10.0 Å². The van der Waals surface area contributed by atoms with Gasteiger partial charge in [0.2, 0.25) is 15.9 Å². The summed E-state index contributed by atoms with van der Waals surface area (Å²) in [6.45, 7) is 3.27. The van der Waals surface area contributed by atoms with Crippen LogP contribution in [0.15, 0.2) is 53.4 Å². The Balaban J connectivity index is 1.30. The molecular weight excluding hydrogens is 466 g/mol. The number of sulfonamides is 1. The minimum absolute atomic E-state index is 0.0153. The van der Waals surface area contributed by atoms with Gasteiger partial charge >= 0.3 is 0 Å². The van der Waals surface area contributed by atoms with Gasteiger partial charge < -0.3 is 15.0 Å². The SMILES string of the molecule is Cc1cc2c(cc1S(=O)(=O)N1CCC[C@H](C(=O)N3CC=C(c4ccccc4)CC3)C1)OCC(=O)N2. The molecule has 1 fully saturated rings. The molecule has 2 aromatic rings. The van der Waals surface area contributed by atoms with Crippen LogP contribution in [0.3, 0.4) is 0 Å². The van der Waals surface area contributed by atoms with Crippen molar-refractivity contribution >= 4 is 33.1 Å². The fraction of sp³-hybridized carbons (Fsp3) is 0.385. The van der Waals surface area contributed by atoms with Crippen LogP contribution < -0.4 is 10.1 Å². The Morgan fingerprint density at radius 1 is 1.14 bits per heavy atom. The second-order valence-corrected chi connectivity index (χ2v) is 11.2. The molecule has 184 valence electrons. The van der Waals surface area contributed by atoms with Crippen molar-refractivity contribution in [3.63, 3.8) is 0 Å². The van der Waals surface area contributed by atoms with E-state index in [4.69, 9.17) is 4.74 Å². The molecule has 0 saturated carbocycles. The number of aryl methyl sites for hydroxylation is 1. The molecule has 0 unspecified atom stereocenters. The zero-order valence-electron chi connectivity index (χ0n) is 19.7. The van der Waals surface area contributed by atoms with Crippen molar-refractivity contribution in [2.45, 2.75) is 31.1 Å². The quantitative estimate of drug-likeness (QED) is 0.704.